The number of aromatic nitrogens is 4. The van der Waals surface area contributed by atoms with Gasteiger partial charge >= 0.3 is 0 Å². The molecule has 0 N–H and O–H groups in total. The number of anilines is 1. The summed E-state index contributed by atoms with van der Waals surface area (Å²) < 4.78 is 1.73. The lowest BCUT2D eigenvalue weighted by Crippen LogP contribution is -2.37. The van der Waals surface area contributed by atoms with Gasteiger partial charge in [0.15, 0.2) is 11.6 Å². The van der Waals surface area contributed by atoms with E-state index in [4.69, 9.17) is 9.97 Å². The first-order chi connectivity index (χ1) is 15.9. The Kier molecular flexibility index (Phi) is 5.44. The van der Waals surface area contributed by atoms with Crippen molar-refractivity contribution in [2.75, 3.05) is 11.4 Å². The third kappa shape index (κ3) is 3.90. The Bertz CT molecular complexity index is 1220. The van der Waals surface area contributed by atoms with Crippen LogP contribution in [0.25, 0.3) is 0 Å². The Labute approximate surface area is 193 Å². The molecule has 8 heteroatoms. The number of amides is 2. The summed E-state index contributed by atoms with van der Waals surface area (Å²) in [5.41, 5.74) is 4.15. The van der Waals surface area contributed by atoms with Crippen molar-refractivity contribution in [1.29, 1.82) is 0 Å². The number of benzene rings is 1. The number of aryl methyl sites for hydroxylation is 3. The normalized spacial score (nSPS) is 18.0. The standard InChI is InChI=1S/C25H28N6O2/c1-16-6-8-18(9-7-16)15-31-21(32)11-10-19-17(2)27-22(28-23(19)31)20-5-4-13-30(20)25(33)24-26-12-14-29(24)3/h6-9,12,14,20H,4-5,10-11,13,15H2,1-3H3/t20-/m0/s1. The van der Waals surface area contributed by atoms with E-state index in [1.807, 2.05) is 25.8 Å². The SMILES string of the molecule is Cc1ccc(CN2C(=O)CCc3c(C)nc([C@@H]4CCCN4C(=O)c4nccn4C)nc32)cc1. The highest BCUT2D eigenvalue weighted by atomic mass is 16.2. The summed E-state index contributed by atoms with van der Waals surface area (Å²) in [5.74, 6) is 1.66. The van der Waals surface area contributed by atoms with Crippen molar-refractivity contribution in [2.24, 2.45) is 7.05 Å². The molecule has 2 amide bonds. The molecule has 0 unspecified atom stereocenters. The molecule has 2 aliphatic rings. The largest absolute Gasteiger partial charge is 0.330 e. The van der Waals surface area contributed by atoms with Crippen LogP contribution in [0.5, 0.6) is 0 Å². The maximum Gasteiger partial charge on any atom is 0.290 e. The Morgan fingerprint density at radius 1 is 1.12 bits per heavy atom. The number of nitrogens with zero attached hydrogens (tertiary/aromatic N) is 6. The first kappa shape index (κ1) is 21.3. The molecule has 8 nitrogen and oxygen atoms in total. The van der Waals surface area contributed by atoms with E-state index >= 15 is 0 Å². The van der Waals surface area contributed by atoms with Gasteiger partial charge in [-0.3, -0.25) is 14.5 Å². The molecule has 0 spiro atoms. The van der Waals surface area contributed by atoms with Crippen molar-refractivity contribution in [2.45, 2.75) is 52.1 Å². The molecule has 170 valence electrons. The van der Waals surface area contributed by atoms with Crippen LogP contribution in [-0.4, -0.2) is 42.8 Å². The zero-order chi connectivity index (χ0) is 23.1. The summed E-state index contributed by atoms with van der Waals surface area (Å²) in [6, 6.07) is 7.99. The summed E-state index contributed by atoms with van der Waals surface area (Å²) in [5, 5.41) is 0. The second kappa shape index (κ2) is 8.42. The third-order valence-corrected chi connectivity index (χ3v) is 6.64. The Hall–Kier alpha value is -3.55. The summed E-state index contributed by atoms with van der Waals surface area (Å²) in [6.07, 6.45) is 6.17. The quantitative estimate of drug-likeness (QED) is 0.617. The van der Waals surface area contributed by atoms with E-state index in [9.17, 15) is 9.59 Å². The van der Waals surface area contributed by atoms with Gasteiger partial charge in [0.1, 0.15) is 5.82 Å². The van der Waals surface area contributed by atoms with Crippen molar-refractivity contribution in [1.82, 2.24) is 24.4 Å². The summed E-state index contributed by atoms with van der Waals surface area (Å²) in [6.45, 7) is 5.14. The first-order valence-corrected chi connectivity index (χ1v) is 11.4. The number of rotatable bonds is 4. The molecule has 1 aromatic carbocycles. The van der Waals surface area contributed by atoms with E-state index in [1.165, 1.54) is 5.56 Å². The van der Waals surface area contributed by atoms with Gasteiger partial charge in [0.05, 0.1) is 12.6 Å². The summed E-state index contributed by atoms with van der Waals surface area (Å²) >= 11 is 0. The third-order valence-electron chi connectivity index (χ3n) is 6.64. The molecule has 2 aromatic heterocycles. The smallest absolute Gasteiger partial charge is 0.290 e. The highest BCUT2D eigenvalue weighted by molar-refractivity contribution is 5.95. The minimum Gasteiger partial charge on any atom is -0.330 e. The Morgan fingerprint density at radius 3 is 2.64 bits per heavy atom. The van der Waals surface area contributed by atoms with Gasteiger partial charge in [0.25, 0.3) is 5.91 Å². The second-order valence-electron chi connectivity index (χ2n) is 8.95. The fraction of sp³-hybridized carbons (Fsp3) is 0.400. The van der Waals surface area contributed by atoms with Crippen LogP contribution >= 0.6 is 0 Å². The highest BCUT2D eigenvalue weighted by Crippen LogP contribution is 2.35. The van der Waals surface area contributed by atoms with Crippen LogP contribution < -0.4 is 4.90 Å². The predicted octanol–water partition coefficient (Wildman–Crippen LogP) is 3.28. The minimum atomic E-state index is -0.226. The fourth-order valence-electron chi connectivity index (χ4n) is 4.77. The lowest BCUT2D eigenvalue weighted by Gasteiger charge is -2.31. The molecule has 4 heterocycles. The number of carbonyl (C=O) groups excluding carboxylic acids is 2. The van der Waals surface area contributed by atoms with Crippen LogP contribution in [0.15, 0.2) is 36.7 Å². The Balaban J connectivity index is 1.50. The molecule has 0 saturated carbocycles. The second-order valence-corrected chi connectivity index (χ2v) is 8.95. The van der Waals surface area contributed by atoms with Crippen molar-refractivity contribution in [3.8, 4) is 0 Å². The topological polar surface area (TPSA) is 84.2 Å². The lowest BCUT2D eigenvalue weighted by molar-refractivity contribution is -0.119. The van der Waals surface area contributed by atoms with Crippen LogP contribution in [0.2, 0.25) is 0 Å². The van der Waals surface area contributed by atoms with Crippen LogP contribution in [0.1, 0.15) is 64.1 Å². The van der Waals surface area contributed by atoms with Crippen molar-refractivity contribution < 1.29 is 9.59 Å². The molecule has 33 heavy (non-hydrogen) atoms. The number of carbonyl (C=O) groups is 2. The van der Waals surface area contributed by atoms with Crippen LogP contribution in [-0.2, 0) is 24.8 Å². The van der Waals surface area contributed by atoms with Gasteiger partial charge in [-0.2, -0.15) is 0 Å². The average Bonchev–Trinajstić information content (AvgIpc) is 3.46. The molecular weight excluding hydrogens is 416 g/mol. The number of likely N-dealkylation sites (tertiary alicyclic amines) is 1. The first-order valence-electron chi connectivity index (χ1n) is 11.4. The van der Waals surface area contributed by atoms with Crippen LogP contribution in [0, 0.1) is 13.8 Å². The molecule has 5 rings (SSSR count). The maximum atomic E-state index is 13.2. The molecular formula is C25H28N6O2. The van der Waals surface area contributed by atoms with E-state index in [1.54, 1.807) is 21.9 Å². The summed E-state index contributed by atoms with van der Waals surface area (Å²) in [7, 11) is 1.82. The van der Waals surface area contributed by atoms with Crippen molar-refractivity contribution in [3.63, 3.8) is 0 Å². The van der Waals surface area contributed by atoms with Crippen LogP contribution in [0.4, 0.5) is 5.82 Å². The highest BCUT2D eigenvalue weighted by Gasteiger charge is 2.36. The zero-order valence-corrected chi connectivity index (χ0v) is 19.3. The number of fused-ring (bicyclic) bond motifs is 1. The zero-order valence-electron chi connectivity index (χ0n) is 19.3. The van der Waals surface area contributed by atoms with E-state index in [0.29, 0.717) is 43.4 Å². The molecule has 0 radical (unpaired) electrons. The average molecular weight is 445 g/mol. The minimum absolute atomic E-state index is 0.0690. The van der Waals surface area contributed by atoms with Crippen molar-refractivity contribution in [3.05, 3.63) is 70.7 Å². The molecule has 0 aliphatic carbocycles. The number of imidazole rings is 1. The van der Waals surface area contributed by atoms with Gasteiger partial charge < -0.3 is 9.47 Å². The van der Waals surface area contributed by atoms with E-state index in [2.05, 4.69) is 29.2 Å². The van der Waals surface area contributed by atoms with Gasteiger partial charge in [0.2, 0.25) is 5.91 Å². The molecule has 3 aromatic rings. The van der Waals surface area contributed by atoms with Gasteiger partial charge in [0, 0.05) is 43.7 Å². The summed E-state index contributed by atoms with van der Waals surface area (Å²) in [4.78, 5) is 43.7. The molecule has 2 aliphatic heterocycles. The molecule has 1 saturated heterocycles. The van der Waals surface area contributed by atoms with Crippen molar-refractivity contribution >= 4 is 17.6 Å². The molecule has 1 atom stereocenters. The fourth-order valence-corrected chi connectivity index (χ4v) is 4.77. The lowest BCUT2D eigenvalue weighted by atomic mass is 10.0. The monoisotopic (exact) mass is 444 g/mol. The van der Waals surface area contributed by atoms with E-state index < -0.39 is 0 Å². The van der Waals surface area contributed by atoms with Gasteiger partial charge in [-0.25, -0.2) is 15.0 Å². The van der Waals surface area contributed by atoms with E-state index in [0.717, 1.165) is 29.7 Å². The molecule has 1 fully saturated rings. The maximum absolute atomic E-state index is 13.2. The number of hydrogen-bond acceptors (Lipinski definition) is 5. The molecule has 0 bridgehead atoms. The van der Waals surface area contributed by atoms with Gasteiger partial charge in [-0.1, -0.05) is 29.8 Å². The Morgan fingerprint density at radius 2 is 1.91 bits per heavy atom. The van der Waals surface area contributed by atoms with Gasteiger partial charge in [-0.05, 0) is 38.7 Å². The van der Waals surface area contributed by atoms with E-state index in [-0.39, 0.29) is 17.9 Å². The predicted molar refractivity (Wildman–Crippen MR) is 124 cm³/mol. The van der Waals surface area contributed by atoms with Crippen LogP contribution in [0.3, 0.4) is 0 Å². The number of hydrogen-bond donors (Lipinski definition) is 0. The van der Waals surface area contributed by atoms with Gasteiger partial charge in [-0.15, -0.1) is 0 Å².